The molecule has 27 heavy (non-hydrogen) atoms. The zero-order chi connectivity index (χ0) is 18.8. The van der Waals surface area contributed by atoms with Crippen molar-refractivity contribution in [3.05, 3.63) is 47.0 Å². The van der Waals surface area contributed by atoms with Gasteiger partial charge in [0.05, 0.1) is 12.8 Å². The number of benzene rings is 1. The number of hydrogen-bond acceptors (Lipinski definition) is 4. The van der Waals surface area contributed by atoms with Crippen LogP contribution in [-0.4, -0.2) is 34.5 Å². The Morgan fingerprint density at radius 2 is 2.04 bits per heavy atom. The zero-order valence-electron chi connectivity index (χ0n) is 15.5. The average molecular weight is 368 g/mol. The summed E-state index contributed by atoms with van der Waals surface area (Å²) in [5.74, 6) is 0.620. The van der Waals surface area contributed by atoms with Crippen LogP contribution in [0.5, 0.6) is 5.75 Å². The zero-order valence-corrected chi connectivity index (χ0v) is 15.5. The van der Waals surface area contributed by atoms with Gasteiger partial charge in [0.1, 0.15) is 11.4 Å². The number of rotatable bonds is 6. The quantitative estimate of drug-likeness (QED) is 0.817. The first kappa shape index (κ1) is 17.6. The van der Waals surface area contributed by atoms with Gasteiger partial charge in [-0.25, -0.2) is 4.98 Å². The van der Waals surface area contributed by atoms with E-state index in [9.17, 15) is 9.59 Å². The van der Waals surface area contributed by atoms with Crippen LogP contribution in [0.2, 0.25) is 0 Å². The lowest BCUT2D eigenvalue weighted by molar-refractivity contribution is 0.0934. The Morgan fingerprint density at radius 1 is 1.22 bits per heavy atom. The Bertz CT molecular complexity index is 870. The third-order valence-electron chi connectivity index (χ3n) is 5.08. The molecule has 0 saturated heterocycles. The largest absolute Gasteiger partial charge is 0.496 e. The van der Waals surface area contributed by atoms with Crippen molar-refractivity contribution in [2.45, 2.75) is 51.2 Å². The number of aromatic nitrogens is 2. The second kappa shape index (κ2) is 7.42. The molecule has 0 unspecified atom stereocenters. The Kier molecular flexibility index (Phi) is 4.83. The van der Waals surface area contributed by atoms with Crippen molar-refractivity contribution >= 4 is 11.8 Å². The molecule has 2 amide bonds. The van der Waals surface area contributed by atoms with Crippen molar-refractivity contribution in [2.24, 2.45) is 0 Å². The first-order chi connectivity index (χ1) is 13.2. The maximum atomic E-state index is 12.8. The molecular weight excluding hydrogens is 344 g/mol. The number of imidazole rings is 1. The molecule has 1 fully saturated rings. The van der Waals surface area contributed by atoms with Gasteiger partial charge in [0.15, 0.2) is 5.82 Å². The minimum absolute atomic E-state index is 0.160. The van der Waals surface area contributed by atoms with Gasteiger partial charge in [0, 0.05) is 24.7 Å². The molecule has 1 saturated carbocycles. The van der Waals surface area contributed by atoms with E-state index in [0.29, 0.717) is 18.1 Å². The second-order valence-electron chi connectivity index (χ2n) is 7.08. The molecule has 7 heteroatoms. The van der Waals surface area contributed by atoms with E-state index in [1.54, 1.807) is 7.11 Å². The van der Waals surface area contributed by atoms with E-state index in [0.717, 1.165) is 55.7 Å². The number of amides is 2. The molecule has 2 aromatic rings. The van der Waals surface area contributed by atoms with Crippen molar-refractivity contribution in [3.8, 4) is 5.75 Å². The molecule has 0 bridgehead atoms. The molecule has 2 aliphatic rings. The molecule has 1 aliphatic heterocycles. The summed E-state index contributed by atoms with van der Waals surface area (Å²) in [4.78, 5) is 29.8. The van der Waals surface area contributed by atoms with Crippen LogP contribution in [0.3, 0.4) is 0 Å². The van der Waals surface area contributed by atoms with E-state index in [2.05, 4.69) is 15.6 Å². The number of ether oxygens (including phenoxy) is 1. The first-order valence-electron chi connectivity index (χ1n) is 9.47. The third-order valence-corrected chi connectivity index (χ3v) is 5.08. The molecule has 2 N–H and O–H groups in total. The predicted octanol–water partition coefficient (Wildman–Crippen LogP) is 2.05. The summed E-state index contributed by atoms with van der Waals surface area (Å²) in [5, 5.41) is 5.89. The van der Waals surface area contributed by atoms with Crippen molar-refractivity contribution in [1.82, 2.24) is 20.2 Å². The van der Waals surface area contributed by atoms with Crippen LogP contribution in [0.25, 0.3) is 0 Å². The van der Waals surface area contributed by atoms with Gasteiger partial charge >= 0.3 is 0 Å². The van der Waals surface area contributed by atoms with E-state index >= 15 is 0 Å². The highest BCUT2D eigenvalue weighted by Crippen LogP contribution is 2.24. The van der Waals surface area contributed by atoms with Crippen molar-refractivity contribution in [3.63, 3.8) is 0 Å². The van der Waals surface area contributed by atoms with Gasteiger partial charge in [-0.2, -0.15) is 0 Å². The van der Waals surface area contributed by atoms with Gasteiger partial charge in [-0.1, -0.05) is 18.2 Å². The van der Waals surface area contributed by atoms with Crippen LogP contribution in [0, 0.1) is 0 Å². The number of nitrogens with zero attached hydrogens (tertiary/aromatic N) is 2. The summed E-state index contributed by atoms with van der Waals surface area (Å²) in [6, 6.07) is 7.83. The van der Waals surface area contributed by atoms with E-state index in [1.807, 2.05) is 28.8 Å². The SMILES string of the molecule is COc1ccccc1CNC(=O)c1nc(C(=O)NC2CC2)c2n1CCCC2. The average Bonchev–Trinajstić information content (AvgIpc) is 3.42. The summed E-state index contributed by atoms with van der Waals surface area (Å²) >= 11 is 0. The Labute approximate surface area is 158 Å². The number of methoxy groups -OCH3 is 1. The minimum atomic E-state index is -0.269. The number of hydrogen-bond donors (Lipinski definition) is 2. The maximum Gasteiger partial charge on any atom is 0.287 e. The molecule has 1 aromatic heterocycles. The summed E-state index contributed by atoms with van der Waals surface area (Å²) in [7, 11) is 1.61. The van der Waals surface area contributed by atoms with Crippen LogP contribution >= 0.6 is 0 Å². The standard InChI is InChI=1S/C20H24N4O3/c1-27-16-8-3-2-6-13(16)12-21-20(26)18-23-17(19(25)22-14-9-10-14)15-7-4-5-11-24(15)18/h2-3,6,8,14H,4-5,7,9-12H2,1H3,(H,21,26)(H,22,25). The molecule has 2 heterocycles. The highest BCUT2D eigenvalue weighted by Gasteiger charge is 2.30. The summed E-state index contributed by atoms with van der Waals surface area (Å²) < 4.78 is 7.23. The van der Waals surface area contributed by atoms with Gasteiger partial charge < -0.3 is 19.9 Å². The summed E-state index contributed by atoms with van der Waals surface area (Å²) in [5.41, 5.74) is 2.18. The van der Waals surface area contributed by atoms with Gasteiger partial charge in [-0.3, -0.25) is 9.59 Å². The van der Waals surface area contributed by atoms with Gasteiger partial charge in [-0.05, 0) is 38.2 Å². The number of carbonyl (C=O) groups is 2. The van der Waals surface area contributed by atoms with Crippen LogP contribution in [0.15, 0.2) is 24.3 Å². The van der Waals surface area contributed by atoms with E-state index < -0.39 is 0 Å². The molecule has 142 valence electrons. The van der Waals surface area contributed by atoms with Crippen molar-refractivity contribution in [2.75, 3.05) is 7.11 Å². The first-order valence-corrected chi connectivity index (χ1v) is 9.47. The minimum Gasteiger partial charge on any atom is -0.496 e. The lowest BCUT2D eigenvalue weighted by Crippen LogP contribution is -2.27. The Morgan fingerprint density at radius 3 is 2.81 bits per heavy atom. The predicted molar refractivity (Wildman–Crippen MR) is 99.8 cm³/mol. The maximum absolute atomic E-state index is 12.8. The molecular formula is C20H24N4O3. The van der Waals surface area contributed by atoms with E-state index in [-0.39, 0.29) is 17.9 Å². The molecule has 0 radical (unpaired) electrons. The highest BCUT2D eigenvalue weighted by atomic mass is 16.5. The van der Waals surface area contributed by atoms with E-state index in [4.69, 9.17) is 4.74 Å². The topological polar surface area (TPSA) is 85.2 Å². The normalized spacial score (nSPS) is 15.7. The molecule has 0 spiro atoms. The van der Waals surface area contributed by atoms with Crippen molar-refractivity contribution in [1.29, 1.82) is 0 Å². The molecule has 0 atom stereocenters. The fourth-order valence-electron chi connectivity index (χ4n) is 3.48. The molecule has 1 aromatic carbocycles. The van der Waals surface area contributed by atoms with Gasteiger partial charge in [0.2, 0.25) is 0 Å². The van der Waals surface area contributed by atoms with Crippen LogP contribution in [0.1, 0.15) is 58.0 Å². The summed E-state index contributed by atoms with van der Waals surface area (Å²) in [6.07, 6.45) is 4.82. The van der Waals surface area contributed by atoms with Crippen molar-refractivity contribution < 1.29 is 14.3 Å². The number of para-hydroxylation sites is 1. The van der Waals surface area contributed by atoms with Gasteiger partial charge in [0.25, 0.3) is 11.8 Å². The van der Waals surface area contributed by atoms with Crippen LogP contribution < -0.4 is 15.4 Å². The third kappa shape index (κ3) is 3.67. The molecule has 7 nitrogen and oxygen atoms in total. The van der Waals surface area contributed by atoms with E-state index in [1.165, 1.54) is 0 Å². The molecule has 4 rings (SSSR count). The summed E-state index contributed by atoms with van der Waals surface area (Å²) in [6.45, 7) is 1.06. The number of carbonyl (C=O) groups excluding carboxylic acids is 2. The van der Waals surface area contributed by atoms with Crippen LogP contribution in [0.4, 0.5) is 0 Å². The number of fused-ring (bicyclic) bond motifs is 1. The Balaban J connectivity index is 1.54. The Hall–Kier alpha value is -2.83. The lowest BCUT2D eigenvalue weighted by atomic mass is 10.1. The fraction of sp³-hybridized carbons (Fsp3) is 0.450. The van der Waals surface area contributed by atoms with Gasteiger partial charge in [-0.15, -0.1) is 0 Å². The molecule has 1 aliphatic carbocycles. The smallest absolute Gasteiger partial charge is 0.287 e. The number of nitrogens with one attached hydrogen (secondary N) is 2. The van der Waals surface area contributed by atoms with Crippen LogP contribution in [-0.2, 0) is 19.5 Å². The second-order valence-corrected chi connectivity index (χ2v) is 7.08. The lowest BCUT2D eigenvalue weighted by Gasteiger charge is -2.17. The highest BCUT2D eigenvalue weighted by molar-refractivity contribution is 5.97. The monoisotopic (exact) mass is 368 g/mol. The fourth-order valence-corrected chi connectivity index (χ4v) is 3.48.